The summed E-state index contributed by atoms with van der Waals surface area (Å²) < 4.78 is 35.1. The molecule has 25 heavy (non-hydrogen) atoms. The van der Waals surface area contributed by atoms with Crippen LogP contribution in [0.25, 0.3) is 0 Å². The number of hydrogen-bond acceptors (Lipinski definition) is 4. The van der Waals surface area contributed by atoms with Crippen LogP contribution in [-0.4, -0.2) is 25.1 Å². The van der Waals surface area contributed by atoms with Crippen LogP contribution in [0.2, 0.25) is 0 Å². The molecule has 0 aliphatic rings. The van der Waals surface area contributed by atoms with Crippen molar-refractivity contribution in [2.24, 2.45) is 0 Å². The van der Waals surface area contributed by atoms with Gasteiger partial charge in [-0.05, 0) is 36.8 Å². The fourth-order valence-corrected chi connectivity index (χ4v) is 3.51. The minimum atomic E-state index is -3.69. The van der Waals surface area contributed by atoms with Crippen molar-refractivity contribution in [3.05, 3.63) is 72.3 Å². The van der Waals surface area contributed by atoms with Gasteiger partial charge >= 0.3 is 0 Å². The molecule has 0 amide bonds. The third-order valence-electron chi connectivity index (χ3n) is 3.76. The molecular formula is C18H19N3O3S. The number of aryl methyl sites for hydroxylation is 1. The van der Waals surface area contributed by atoms with Gasteiger partial charge in [0, 0.05) is 18.9 Å². The predicted molar refractivity (Wildman–Crippen MR) is 96.3 cm³/mol. The van der Waals surface area contributed by atoms with Crippen LogP contribution in [0.15, 0.2) is 66.1 Å². The molecule has 0 atom stereocenters. The van der Waals surface area contributed by atoms with Crippen molar-refractivity contribution >= 4 is 15.7 Å². The van der Waals surface area contributed by atoms with E-state index in [1.165, 1.54) is 7.11 Å². The highest BCUT2D eigenvalue weighted by Gasteiger charge is 2.17. The van der Waals surface area contributed by atoms with Gasteiger partial charge in [-0.3, -0.25) is 4.72 Å². The van der Waals surface area contributed by atoms with Crippen molar-refractivity contribution < 1.29 is 13.2 Å². The Morgan fingerprint density at radius 2 is 1.92 bits per heavy atom. The van der Waals surface area contributed by atoms with Gasteiger partial charge in [-0.25, -0.2) is 13.4 Å². The highest BCUT2D eigenvalue weighted by molar-refractivity contribution is 7.92. The fourth-order valence-electron chi connectivity index (χ4n) is 2.45. The fraction of sp³-hybridized carbons (Fsp3) is 0.167. The van der Waals surface area contributed by atoms with E-state index in [2.05, 4.69) is 9.71 Å². The van der Waals surface area contributed by atoms with Crippen LogP contribution in [0, 0.1) is 6.92 Å². The summed E-state index contributed by atoms with van der Waals surface area (Å²) in [6.45, 7) is 2.50. The summed E-state index contributed by atoms with van der Waals surface area (Å²) in [5, 5.41) is 0. The molecule has 130 valence electrons. The first-order valence-electron chi connectivity index (χ1n) is 7.70. The topological polar surface area (TPSA) is 73.2 Å². The van der Waals surface area contributed by atoms with Crippen molar-refractivity contribution in [1.82, 2.24) is 9.55 Å². The maximum atomic E-state index is 12.6. The number of imidazole rings is 1. The molecule has 0 aliphatic carbocycles. The molecule has 2 aromatic carbocycles. The van der Waals surface area contributed by atoms with E-state index in [4.69, 9.17) is 4.74 Å². The smallest absolute Gasteiger partial charge is 0.262 e. The lowest BCUT2D eigenvalue weighted by Crippen LogP contribution is -2.14. The summed E-state index contributed by atoms with van der Waals surface area (Å²) in [5.74, 6) is 0.463. The third kappa shape index (κ3) is 4.00. The Morgan fingerprint density at radius 3 is 2.56 bits per heavy atom. The van der Waals surface area contributed by atoms with E-state index < -0.39 is 10.0 Å². The zero-order valence-electron chi connectivity index (χ0n) is 14.0. The van der Waals surface area contributed by atoms with E-state index in [-0.39, 0.29) is 4.90 Å². The summed E-state index contributed by atoms with van der Waals surface area (Å²) in [6.07, 6.45) is 5.26. The van der Waals surface area contributed by atoms with E-state index in [1.807, 2.05) is 23.8 Å². The molecule has 1 heterocycles. The molecule has 1 N–H and O–H groups in total. The number of sulfonamides is 1. The molecule has 7 heteroatoms. The number of ether oxygens (including phenoxy) is 1. The van der Waals surface area contributed by atoms with Gasteiger partial charge < -0.3 is 9.30 Å². The molecule has 0 saturated heterocycles. The second kappa shape index (κ2) is 6.98. The molecule has 0 spiro atoms. The number of anilines is 1. The summed E-state index contributed by atoms with van der Waals surface area (Å²) in [5.41, 5.74) is 2.33. The largest absolute Gasteiger partial charge is 0.495 e. The Hall–Kier alpha value is -2.80. The number of benzene rings is 2. The van der Waals surface area contributed by atoms with Gasteiger partial charge in [-0.15, -0.1) is 0 Å². The standard InChI is InChI=1S/C18H19N3O3S/c1-14-3-6-16(7-4-14)25(22,23)20-17-11-15(5-8-18(17)24-2)12-21-10-9-19-13-21/h3-11,13,20H,12H2,1-2H3. The first-order valence-corrected chi connectivity index (χ1v) is 9.18. The van der Waals surface area contributed by atoms with Crippen LogP contribution >= 0.6 is 0 Å². The number of aromatic nitrogens is 2. The number of nitrogens with zero attached hydrogens (tertiary/aromatic N) is 2. The third-order valence-corrected chi connectivity index (χ3v) is 5.15. The molecule has 0 radical (unpaired) electrons. The Labute approximate surface area is 147 Å². The predicted octanol–water partition coefficient (Wildman–Crippen LogP) is 3.05. The van der Waals surface area contributed by atoms with Gasteiger partial charge in [-0.1, -0.05) is 23.8 Å². The molecular weight excluding hydrogens is 338 g/mol. The van der Waals surface area contributed by atoms with E-state index in [1.54, 1.807) is 48.9 Å². The van der Waals surface area contributed by atoms with Crippen molar-refractivity contribution in [2.45, 2.75) is 18.4 Å². The van der Waals surface area contributed by atoms with Gasteiger partial charge in [0.2, 0.25) is 0 Å². The van der Waals surface area contributed by atoms with Gasteiger partial charge in [0.15, 0.2) is 0 Å². The lowest BCUT2D eigenvalue weighted by Gasteiger charge is -2.14. The van der Waals surface area contributed by atoms with Crippen molar-refractivity contribution in [3.8, 4) is 5.75 Å². The molecule has 0 unspecified atom stereocenters. The van der Waals surface area contributed by atoms with Crippen LogP contribution in [0.4, 0.5) is 5.69 Å². The van der Waals surface area contributed by atoms with E-state index >= 15 is 0 Å². The van der Waals surface area contributed by atoms with Gasteiger partial charge in [0.25, 0.3) is 10.0 Å². The minimum absolute atomic E-state index is 0.208. The van der Waals surface area contributed by atoms with Crippen molar-refractivity contribution in [1.29, 1.82) is 0 Å². The normalized spacial score (nSPS) is 11.3. The average Bonchev–Trinajstić information content (AvgIpc) is 3.08. The van der Waals surface area contributed by atoms with Crippen molar-refractivity contribution in [3.63, 3.8) is 0 Å². The number of methoxy groups -OCH3 is 1. The Bertz CT molecular complexity index is 950. The van der Waals surface area contributed by atoms with Crippen LogP contribution in [0.5, 0.6) is 5.75 Å². The highest BCUT2D eigenvalue weighted by Crippen LogP contribution is 2.28. The van der Waals surface area contributed by atoms with Crippen molar-refractivity contribution in [2.75, 3.05) is 11.8 Å². The molecule has 0 bridgehead atoms. The highest BCUT2D eigenvalue weighted by atomic mass is 32.2. The molecule has 6 nitrogen and oxygen atoms in total. The molecule has 1 aromatic heterocycles. The lowest BCUT2D eigenvalue weighted by molar-refractivity contribution is 0.416. The van der Waals surface area contributed by atoms with Crippen LogP contribution in [-0.2, 0) is 16.6 Å². The zero-order valence-corrected chi connectivity index (χ0v) is 14.8. The number of rotatable bonds is 6. The summed E-state index contributed by atoms with van der Waals surface area (Å²) >= 11 is 0. The first-order chi connectivity index (χ1) is 12.0. The Kier molecular flexibility index (Phi) is 4.76. The minimum Gasteiger partial charge on any atom is -0.495 e. The van der Waals surface area contributed by atoms with Gasteiger partial charge in [0.1, 0.15) is 5.75 Å². The van der Waals surface area contributed by atoms with E-state index in [0.29, 0.717) is 18.0 Å². The summed E-state index contributed by atoms with van der Waals surface area (Å²) in [4.78, 5) is 4.22. The molecule has 0 saturated carbocycles. The van der Waals surface area contributed by atoms with Gasteiger partial charge in [-0.2, -0.15) is 0 Å². The average molecular weight is 357 g/mol. The summed E-state index contributed by atoms with van der Waals surface area (Å²) in [7, 11) is -2.18. The molecule has 0 fully saturated rings. The Balaban J connectivity index is 1.90. The monoisotopic (exact) mass is 357 g/mol. The molecule has 3 rings (SSSR count). The SMILES string of the molecule is COc1ccc(Cn2ccnc2)cc1NS(=O)(=O)c1ccc(C)cc1. The van der Waals surface area contributed by atoms with Crippen LogP contribution < -0.4 is 9.46 Å². The van der Waals surface area contributed by atoms with E-state index in [9.17, 15) is 8.42 Å². The van der Waals surface area contributed by atoms with Gasteiger partial charge in [0.05, 0.1) is 24.0 Å². The zero-order chi connectivity index (χ0) is 17.9. The first kappa shape index (κ1) is 17.0. The quantitative estimate of drug-likeness (QED) is 0.736. The maximum Gasteiger partial charge on any atom is 0.262 e. The molecule has 3 aromatic rings. The van der Waals surface area contributed by atoms with E-state index in [0.717, 1.165) is 11.1 Å². The molecule has 0 aliphatic heterocycles. The second-order valence-electron chi connectivity index (χ2n) is 5.69. The van der Waals surface area contributed by atoms with Crippen LogP contribution in [0.3, 0.4) is 0 Å². The van der Waals surface area contributed by atoms with Crippen LogP contribution in [0.1, 0.15) is 11.1 Å². The number of hydrogen-bond donors (Lipinski definition) is 1. The maximum absolute atomic E-state index is 12.6. The lowest BCUT2D eigenvalue weighted by atomic mass is 10.2. The number of nitrogens with one attached hydrogen (secondary N) is 1. The second-order valence-corrected chi connectivity index (χ2v) is 7.37. The summed E-state index contributed by atoms with van der Waals surface area (Å²) in [6, 6.07) is 12.1. The Morgan fingerprint density at radius 1 is 1.16 bits per heavy atom.